The van der Waals surface area contributed by atoms with E-state index in [-0.39, 0.29) is 0 Å². The molecule has 0 aliphatic carbocycles. The van der Waals surface area contributed by atoms with E-state index in [0.717, 1.165) is 0 Å². The van der Waals surface area contributed by atoms with Gasteiger partial charge in [0, 0.05) is 0 Å². The van der Waals surface area contributed by atoms with Crippen molar-refractivity contribution < 1.29 is 9.85 Å². The van der Waals surface area contributed by atoms with Gasteiger partial charge in [-0.2, -0.15) is 0 Å². The Balaban J connectivity index is 2.77. The van der Waals surface area contributed by atoms with Gasteiger partial charge < -0.3 is 0 Å². The molecule has 0 fully saturated rings. The van der Waals surface area contributed by atoms with E-state index in [1.54, 1.807) is 60.7 Å². The van der Waals surface area contributed by atoms with Crippen LogP contribution >= 0.6 is 0 Å². The third-order valence-electron chi connectivity index (χ3n) is 2.45. The molecule has 0 atom stereocenters. The molecule has 0 bridgehead atoms. The molecule has 2 rings (SSSR count). The normalized spacial score (nSPS) is 10.2. The van der Waals surface area contributed by atoms with E-state index in [2.05, 4.69) is 0 Å². The van der Waals surface area contributed by atoms with Crippen LogP contribution in [-0.2, 0) is 0 Å². The summed E-state index contributed by atoms with van der Waals surface area (Å²) in [4.78, 5) is 20.4. The molecule has 0 heterocycles. The summed E-state index contributed by atoms with van der Waals surface area (Å²) in [6.07, 6.45) is 0. The first kappa shape index (κ1) is 14.0. The molecule has 7 heteroatoms. The Labute approximate surface area is 118 Å². The molecule has 6 nitrogen and oxygen atoms in total. The molecule has 0 spiro atoms. The first-order valence-electron chi connectivity index (χ1n) is 5.61. The summed E-state index contributed by atoms with van der Waals surface area (Å²) in [7, 11) is 0. The fourth-order valence-electron chi connectivity index (χ4n) is 1.68. The van der Waals surface area contributed by atoms with Crippen molar-refractivity contribution in [2.45, 2.75) is 0 Å². The van der Waals surface area contributed by atoms with E-state index in [0.29, 0.717) is 8.92 Å². The van der Waals surface area contributed by atoms with E-state index >= 15 is 0 Å². The molecule has 0 saturated heterocycles. The van der Waals surface area contributed by atoms with Gasteiger partial charge in [0.25, 0.3) is 0 Å². The monoisotopic (exact) mass is 338 g/mol. The Morgan fingerprint density at radius 3 is 1.40 bits per heavy atom. The van der Waals surface area contributed by atoms with Gasteiger partial charge in [0.1, 0.15) is 0 Å². The number of hydrogen-bond acceptors (Lipinski definition) is 4. The molecule has 0 aliphatic rings. The number of hydrogen-bond donors (Lipinski definition) is 0. The summed E-state index contributed by atoms with van der Waals surface area (Å²) >= 11 is -2.50. The number of rotatable bonds is 4. The van der Waals surface area contributed by atoms with Crippen LogP contribution in [-0.4, -0.2) is 28.0 Å². The van der Waals surface area contributed by atoms with Gasteiger partial charge in [0.2, 0.25) is 0 Å². The topological polar surface area (TPSA) is 86.3 Å². The van der Waals surface area contributed by atoms with Crippen molar-refractivity contribution in [3.63, 3.8) is 0 Å². The SMILES string of the molecule is O=[N+]([O-])C([N+](=O)[O-])=[Se](c1ccccc1)c1ccccc1. The van der Waals surface area contributed by atoms with E-state index in [9.17, 15) is 20.2 Å². The van der Waals surface area contributed by atoms with Crippen LogP contribution in [0.5, 0.6) is 0 Å². The van der Waals surface area contributed by atoms with E-state index in [4.69, 9.17) is 0 Å². The van der Waals surface area contributed by atoms with E-state index < -0.39 is 28.0 Å². The predicted octanol–water partition coefficient (Wildman–Crippen LogP) is 0.518. The van der Waals surface area contributed by atoms with Crippen molar-refractivity contribution in [1.82, 2.24) is 0 Å². The average Bonchev–Trinajstić information content (AvgIpc) is 2.45. The van der Waals surface area contributed by atoms with Crippen LogP contribution in [0, 0.1) is 20.2 Å². The molecule has 0 saturated carbocycles. The fourth-order valence-corrected chi connectivity index (χ4v) is 5.56. The molecule has 0 aromatic heterocycles. The Morgan fingerprint density at radius 2 is 1.10 bits per heavy atom. The molecule has 102 valence electrons. The molecular formula is C13H10N2O4Se. The fraction of sp³-hybridized carbons (Fsp3) is 0. The molecule has 0 radical (unpaired) electrons. The Bertz CT molecular complexity index is 614. The predicted molar refractivity (Wildman–Crippen MR) is 76.9 cm³/mol. The maximum atomic E-state index is 11.1. The number of nitrogens with zero attached hydrogens (tertiary/aromatic N) is 2. The molecular weight excluding hydrogens is 327 g/mol. The summed E-state index contributed by atoms with van der Waals surface area (Å²) in [6.45, 7) is 0. The summed E-state index contributed by atoms with van der Waals surface area (Å²) < 4.78 is 0.464. The van der Waals surface area contributed by atoms with Crippen molar-refractivity contribution >= 4 is 27.1 Å². The van der Waals surface area contributed by atoms with Gasteiger partial charge in [-0.1, -0.05) is 0 Å². The molecule has 2 aromatic rings. The molecule has 0 amide bonds. The van der Waals surface area contributed by atoms with Crippen LogP contribution in [0.15, 0.2) is 60.7 Å². The van der Waals surface area contributed by atoms with Crippen LogP contribution < -0.4 is 8.92 Å². The summed E-state index contributed by atoms with van der Waals surface area (Å²) in [5.41, 5.74) is 0. The zero-order valence-corrected chi connectivity index (χ0v) is 11.9. The van der Waals surface area contributed by atoms with Crippen molar-refractivity contribution in [2.75, 3.05) is 0 Å². The van der Waals surface area contributed by atoms with E-state index in [1.165, 1.54) is 0 Å². The second-order valence-electron chi connectivity index (χ2n) is 3.73. The summed E-state index contributed by atoms with van der Waals surface area (Å²) in [5, 5.41) is 22.2. The van der Waals surface area contributed by atoms with Gasteiger partial charge in [-0.15, -0.1) is 0 Å². The summed E-state index contributed by atoms with van der Waals surface area (Å²) in [6, 6.07) is 17.3. The minimum atomic E-state index is -2.50. The van der Waals surface area contributed by atoms with E-state index in [1.807, 2.05) is 0 Å². The van der Waals surface area contributed by atoms with Crippen LogP contribution in [0.4, 0.5) is 0 Å². The molecule has 2 aromatic carbocycles. The Hall–Kier alpha value is -2.37. The van der Waals surface area contributed by atoms with Crippen molar-refractivity contribution in [3.8, 4) is 0 Å². The van der Waals surface area contributed by atoms with Crippen LogP contribution in [0.3, 0.4) is 0 Å². The summed E-state index contributed by atoms with van der Waals surface area (Å²) in [5.74, 6) is 0. The minimum absolute atomic E-state index is 0.641. The second-order valence-corrected chi connectivity index (χ2v) is 7.76. The second kappa shape index (κ2) is 6.18. The van der Waals surface area contributed by atoms with Gasteiger partial charge >= 0.3 is 118 Å². The van der Waals surface area contributed by atoms with Gasteiger partial charge in [-0.3, -0.25) is 0 Å². The van der Waals surface area contributed by atoms with Crippen molar-refractivity contribution in [3.05, 3.63) is 80.9 Å². The zero-order valence-electron chi connectivity index (χ0n) is 10.2. The Kier molecular flexibility index (Phi) is 4.34. The molecule has 0 N–H and O–H groups in total. The van der Waals surface area contributed by atoms with Crippen LogP contribution in [0.25, 0.3) is 0 Å². The first-order valence-corrected chi connectivity index (χ1v) is 8.18. The number of nitro groups is 2. The maximum absolute atomic E-state index is 11.1. The van der Waals surface area contributed by atoms with Crippen molar-refractivity contribution in [1.29, 1.82) is 0 Å². The van der Waals surface area contributed by atoms with Crippen molar-refractivity contribution in [2.24, 2.45) is 0 Å². The van der Waals surface area contributed by atoms with Crippen LogP contribution in [0.1, 0.15) is 0 Å². The van der Waals surface area contributed by atoms with Gasteiger partial charge in [0.15, 0.2) is 0 Å². The third-order valence-corrected chi connectivity index (χ3v) is 6.96. The number of benzene rings is 2. The molecule has 20 heavy (non-hydrogen) atoms. The third kappa shape index (κ3) is 2.96. The Morgan fingerprint density at radius 1 is 0.750 bits per heavy atom. The van der Waals surface area contributed by atoms with Gasteiger partial charge in [-0.25, -0.2) is 0 Å². The standard InChI is InChI=1S/C13H10N2O4Se/c16-14(17)13(15(18)19)20(11-7-3-1-4-8-11)12-9-5-2-6-10-12/h1-10H. The van der Waals surface area contributed by atoms with Crippen LogP contribution in [0.2, 0.25) is 0 Å². The molecule has 0 unspecified atom stereocenters. The van der Waals surface area contributed by atoms with Gasteiger partial charge in [-0.05, 0) is 0 Å². The average molecular weight is 337 g/mol. The molecule has 0 aliphatic heterocycles. The quantitative estimate of drug-likeness (QED) is 0.462. The first-order chi connectivity index (χ1) is 9.61. The van der Waals surface area contributed by atoms with Gasteiger partial charge in [0.05, 0.1) is 0 Å². The zero-order chi connectivity index (χ0) is 14.5.